The lowest BCUT2D eigenvalue weighted by Gasteiger charge is -2.11. The van der Waals surface area contributed by atoms with E-state index < -0.39 is 10.0 Å². The van der Waals surface area contributed by atoms with E-state index in [0.717, 1.165) is 15.4 Å². The third-order valence-electron chi connectivity index (χ3n) is 4.43. The van der Waals surface area contributed by atoms with Gasteiger partial charge >= 0.3 is 0 Å². The lowest BCUT2D eigenvalue weighted by atomic mass is 10.2. The molecule has 0 aliphatic heterocycles. The molecule has 7 nitrogen and oxygen atoms in total. The molecule has 0 aliphatic rings. The number of sulfonamides is 1. The molecule has 1 aromatic heterocycles. The Labute approximate surface area is 170 Å². The number of aryl methyl sites for hydroxylation is 1. The molecule has 0 radical (unpaired) electrons. The third-order valence-corrected chi connectivity index (χ3v) is 6.26. The van der Waals surface area contributed by atoms with Crippen LogP contribution >= 0.6 is 0 Å². The largest absolute Gasteiger partial charge is 0.441 e. The van der Waals surface area contributed by atoms with E-state index in [1.807, 2.05) is 30.3 Å². The summed E-state index contributed by atoms with van der Waals surface area (Å²) in [6.45, 7) is 2.08. The summed E-state index contributed by atoms with van der Waals surface area (Å²) in [5.41, 5.74) is 2.25. The van der Waals surface area contributed by atoms with Crippen LogP contribution in [0.15, 0.2) is 63.9 Å². The Balaban J connectivity index is 1.60. The predicted octanol–water partition coefficient (Wildman–Crippen LogP) is 2.76. The average Bonchev–Trinajstić information content (AvgIpc) is 3.07. The minimum absolute atomic E-state index is 0.106. The molecular formula is C21H23N3O4S. The van der Waals surface area contributed by atoms with Gasteiger partial charge in [-0.3, -0.25) is 4.79 Å². The smallest absolute Gasteiger partial charge is 0.242 e. The van der Waals surface area contributed by atoms with Crippen molar-refractivity contribution in [3.8, 4) is 11.5 Å². The van der Waals surface area contributed by atoms with Gasteiger partial charge in [-0.1, -0.05) is 30.3 Å². The van der Waals surface area contributed by atoms with Crippen LogP contribution in [0, 0.1) is 6.92 Å². The predicted molar refractivity (Wildman–Crippen MR) is 110 cm³/mol. The quantitative estimate of drug-likeness (QED) is 0.643. The first kappa shape index (κ1) is 20.8. The molecule has 29 heavy (non-hydrogen) atoms. The van der Waals surface area contributed by atoms with Gasteiger partial charge in [0, 0.05) is 26.2 Å². The van der Waals surface area contributed by atoms with Gasteiger partial charge in [-0.25, -0.2) is 17.7 Å². The molecule has 3 rings (SSSR count). The molecule has 152 valence electrons. The Morgan fingerprint density at radius 3 is 2.34 bits per heavy atom. The van der Waals surface area contributed by atoms with E-state index in [9.17, 15) is 13.2 Å². The van der Waals surface area contributed by atoms with Gasteiger partial charge < -0.3 is 9.73 Å². The van der Waals surface area contributed by atoms with E-state index in [2.05, 4.69) is 10.3 Å². The minimum atomic E-state index is -3.46. The molecule has 0 bridgehead atoms. The highest BCUT2D eigenvalue weighted by Crippen LogP contribution is 2.21. The van der Waals surface area contributed by atoms with Crippen LogP contribution in [-0.4, -0.2) is 37.7 Å². The molecule has 1 amide bonds. The monoisotopic (exact) mass is 413 g/mol. The van der Waals surface area contributed by atoms with Gasteiger partial charge in [0.05, 0.1) is 17.0 Å². The zero-order chi connectivity index (χ0) is 21.0. The normalized spacial score (nSPS) is 11.6. The Hall–Kier alpha value is -2.97. The van der Waals surface area contributed by atoms with Crippen LogP contribution in [0.5, 0.6) is 0 Å². The molecule has 0 atom stereocenters. The van der Waals surface area contributed by atoms with Crippen LogP contribution in [-0.2, 0) is 27.8 Å². The number of amides is 1. The zero-order valence-electron chi connectivity index (χ0n) is 16.5. The maximum Gasteiger partial charge on any atom is 0.242 e. The molecule has 3 aromatic rings. The summed E-state index contributed by atoms with van der Waals surface area (Å²) in [6, 6.07) is 15.9. The van der Waals surface area contributed by atoms with Crippen LogP contribution in [0.1, 0.15) is 17.0 Å². The maximum absolute atomic E-state index is 12.3. The average molecular weight is 413 g/mol. The zero-order valence-corrected chi connectivity index (χ0v) is 17.4. The van der Waals surface area contributed by atoms with Crippen LogP contribution in [0.25, 0.3) is 11.5 Å². The number of hydrogen-bond donors (Lipinski definition) is 1. The number of rotatable bonds is 7. The first-order valence-corrected chi connectivity index (χ1v) is 10.5. The summed E-state index contributed by atoms with van der Waals surface area (Å²) in [5, 5.41) is 2.82. The number of oxazole rings is 1. The standard InChI is InChI=1S/C21H23N3O4S/c1-15-19(23-21(28-15)17-7-5-4-6-8-17)13-20(25)22-14-16-9-11-18(12-10-16)29(26,27)24(2)3/h4-12H,13-14H2,1-3H3,(H,22,25). The number of nitrogens with one attached hydrogen (secondary N) is 1. The fourth-order valence-electron chi connectivity index (χ4n) is 2.70. The highest BCUT2D eigenvalue weighted by Gasteiger charge is 2.17. The second kappa shape index (κ2) is 8.59. The number of hydrogen-bond acceptors (Lipinski definition) is 5. The van der Waals surface area contributed by atoms with E-state index in [1.165, 1.54) is 26.2 Å². The molecule has 0 saturated carbocycles. The number of nitrogens with zero attached hydrogens (tertiary/aromatic N) is 2. The molecule has 0 spiro atoms. The fraction of sp³-hybridized carbons (Fsp3) is 0.238. The number of aromatic nitrogens is 1. The second-order valence-corrected chi connectivity index (χ2v) is 8.92. The topological polar surface area (TPSA) is 92.5 Å². The Morgan fingerprint density at radius 2 is 1.72 bits per heavy atom. The van der Waals surface area contributed by atoms with Crippen LogP contribution in [0.2, 0.25) is 0 Å². The van der Waals surface area contributed by atoms with Gasteiger partial charge in [-0.05, 0) is 36.8 Å². The number of carbonyl (C=O) groups excluding carboxylic acids is 1. The summed E-state index contributed by atoms with van der Waals surface area (Å²) in [4.78, 5) is 16.9. The molecule has 0 fully saturated rings. The van der Waals surface area contributed by atoms with Crippen LogP contribution in [0.4, 0.5) is 0 Å². The van der Waals surface area contributed by atoms with Crippen molar-refractivity contribution >= 4 is 15.9 Å². The first-order chi connectivity index (χ1) is 13.8. The van der Waals surface area contributed by atoms with Crippen molar-refractivity contribution in [1.29, 1.82) is 0 Å². The Kier molecular flexibility index (Phi) is 6.14. The van der Waals surface area contributed by atoms with E-state index in [4.69, 9.17) is 4.42 Å². The van der Waals surface area contributed by atoms with E-state index in [1.54, 1.807) is 19.1 Å². The Bertz CT molecular complexity index is 1090. The van der Waals surface area contributed by atoms with Crippen molar-refractivity contribution in [2.45, 2.75) is 24.8 Å². The van der Waals surface area contributed by atoms with E-state index in [-0.39, 0.29) is 17.2 Å². The molecule has 2 aromatic carbocycles. The lowest BCUT2D eigenvalue weighted by molar-refractivity contribution is -0.120. The van der Waals surface area contributed by atoms with Crippen molar-refractivity contribution in [3.63, 3.8) is 0 Å². The van der Waals surface area contributed by atoms with Crippen molar-refractivity contribution < 1.29 is 17.6 Å². The lowest BCUT2D eigenvalue weighted by Crippen LogP contribution is -2.25. The first-order valence-electron chi connectivity index (χ1n) is 9.07. The van der Waals surface area contributed by atoms with Gasteiger partial charge in [0.25, 0.3) is 0 Å². The highest BCUT2D eigenvalue weighted by atomic mass is 32.2. The number of benzene rings is 2. The molecule has 8 heteroatoms. The van der Waals surface area contributed by atoms with Crippen molar-refractivity contribution in [2.24, 2.45) is 0 Å². The van der Waals surface area contributed by atoms with Gasteiger partial charge in [0.1, 0.15) is 5.76 Å². The van der Waals surface area contributed by atoms with Gasteiger partial charge in [0.15, 0.2) is 0 Å². The summed E-state index contributed by atoms with van der Waals surface area (Å²) < 4.78 is 31.0. The summed E-state index contributed by atoms with van der Waals surface area (Å²) >= 11 is 0. The van der Waals surface area contributed by atoms with Gasteiger partial charge in [0.2, 0.25) is 21.8 Å². The Morgan fingerprint density at radius 1 is 1.07 bits per heavy atom. The second-order valence-electron chi connectivity index (χ2n) is 6.77. The van der Waals surface area contributed by atoms with Crippen molar-refractivity contribution in [2.75, 3.05) is 14.1 Å². The van der Waals surface area contributed by atoms with Gasteiger partial charge in [-0.15, -0.1) is 0 Å². The summed E-state index contributed by atoms with van der Waals surface area (Å²) in [6.07, 6.45) is 0.106. The highest BCUT2D eigenvalue weighted by molar-refractivity contribution is 7.89. The van der Waals surface area contributed by atoms with E-state index >= 15 is 0 Å². The molecular weight excluding hydrogens is 390 g/mol. The van der Waals surface area contributed by atoms with Crippen molar-refractivity contribution in [3.05, 3.63) is 71.6 Å². The van der Waals surface area contributed by atoms with Gasteiger partial charge in [-0.2, -0.15) is 0 Å². The molecule has 1 N–H and O–H groups in total. The molecule has 0 aliphatic carbocycles. The fourth-order valence-corrected chi connectivity index (χ4v) is 3.60. The van der Waals surface area contributed by atoms with Crippen LogP contribution < -0.4 is 5.32 Å². The SMILES string of the molecule is Cc1oc(-c2ccccc2)nc1CC(=O)NCc1ccc(S(=O)(=O)N(C)C)cc1. The van der Waals surface area contributed by atoms with Crippen molar-refractivity contribution in [1.82, 2.24) is 14.6 Å². The number of carbonyl (C=O) groups is 1. The van der Waals surface area contributed by atoms with Crippen LogP contribution in [0.3, 0.4) is 0 Å². The molecule has 0 saturated heterocycles. The summed E-state index contributed by atoms with van der Waals surface area (Å²) in [7, 11) is -0.494. The maximum atomic E-state index is 12.3. The molecule has 1 heterocycles. The summed E-state index contributed by atoms with van der Waals surface area (Å²) in [5.74, 6) is 0.909. The van der Waals surface area contributed by atoms with E-state index in [0.29, 0.717) is 23.9 Å². The molecule has 0 unspecified atom stereocenters. The third kappa shape index (κ3) is 4.90. The minimum Gasteiger partial charge on any atom is -0.441 e.